The molecule has 1 saturated carbocycles. The minimum atomic E-state index is 0.146. The minimum absolute atomic E-state index is 0.146. The van der Waals surface area contributed by atoms with Crippen molar-refractivity contribution in [1.82, 2.24) is 4.90 Å². The Morgan fingerprint density at radius 2 is 2.00 bits per heavy atom. The highest BCUT2D eigenvalue weighted by molar-refractivity contribution is 5.95. The maximum Gasteiger partial charge on any atom is 0.254 e. The van der Waals surface area contributed by atoms with Gasteiger partial charge in [0.15, 0.2) is 11.5 Å². The predicted molar refractivity (Wildman–Crippen MR) is 69.3 cm³/mol. The van der Waals surface area contributed by atoms with Crippen molar-refractivity contribution in [3.8, 4) is 11.5 Å². The number of fused-ring (bicyclic) bond motifs is 1. The summed E-state index contributed by atoms with van der Waals surface area (Å²) in [4.78, 5) is 14.7. The first-order valence-corrected chi connectivity index (χ1v) is 7.03. The summed E-state index contributed by atoms with van der Waals surface area (Å²) in [5, 5.41) is 0. The molecule has 2 aliphatic heterocycles. The topological polar surface area (TPSA) is 38.8 Å². The van der Waals surface area contributed by atoms with Crippen molar-refractivity contribution < 1.29 is 14.3 Å². The largest absolute Gasteiger partial charge is 0.454 e. The molecule has 1 aromatic rings. The van der Waals surface area contributed by atoms with Crippen LogP contribution in [-0.2, 0) is 0 Å². The summed E-state index contributed by atoms with van der Waals surface area (Å²) in [5.41, 5.74) is 0.719. The van der Waals surface area contributed by atoms with E-state index in [1.165, 1.54) is 19.3 Å². The normalized spacial score (nSPS) is 24.8. The van der Waals surface area contributed by atoms with E-state index in [0.717, 1.165) is 30.2 Å². The lowest BCUT2D eigenvalue weighted by Gasteiger charge is -2.24. The number of hydrogen-bond acceptors (Lipinski definition) is 3. The van der Waals surface area contributed by atoms with E-state index in [1.54, 1.807) is 0 Å². The molecule has 0 spiro atoms. The Hall–Kier alpha value is -1.71. The molecule has 1 atom stereocenters. The van der Waals surface area contributed by atoms with Crippen LogP contribution in [-0.4, -0.2) is 30.2 Å². The van der Waals surface area contributed by atoms with Crippen molar-refractivity contribution in [2.75, 3.05) is 13.3 Å². The first kappa shape index (κ1) is 11.1. The van der Waals surface area contributed by atoms with Crippen LogP contribution < -0.4 is 9.47 Å². The average molecular weight is 259 g/mol. The Balaban J connectivity index is 1.59. The van der Waals surface area contributed by atoms with E-state index in [0.29, 0.717) is 11.8 Å². The van der Waals surface area contributed by atoms with E-state index >= 15 is 0 Å². The highest BCUT2D eigenvalue weighted by Crippen LogP contribution is 2.41. The number of nitrogens with zero attached hydrogens (tertiary/aromatic N) is 1. The van der Waals surface area contributed by atoms with Crippen LogP contribution in [0.5, 0.6) is 11.5 Å². The molecule has 1 saturated heterocycles. The molecule has 4 rings (SSSR count). The first-order chi connectivity index (χ1) is 9.33. The summed E-state index contributed by atoms with van der Waals surface area (Å²) in [7, 11) is 0. The van der Waals surface area contributed by atoms with Crippen molar-refractivity contribution in [1.29, 1.82) is 0 Å². The van der Waals surface area contributed by atoms with Gasteiger partial charge in [-0.15, -0.1) is 0 Å². The van der Waals surface area contributed by atoms with E-state index in [9.17, 15) is 4.79 Å². The SMILES string of the molecule is O=C(c1ccc2c(c1)OCO2)N1CCCC1C1CC1. The molecule has 3 aliphatic rings. The molecule has 2 heterocycles. The fraction of sp³-hybridized carbons (Fsp3) is 0.533. The lowest BCUT2D eigenvalue weighted by molar-refractivity contribution is 0.0720. The number of ether oxygens (including phenoxy) is 2. The second kappa shape index (κ2) is 4.15. The van der Waals surface area contributed by atoms with E-state index in [1.807, 2.05) is 18.2 Å². The molecule has 1 amide bonds. The van der Waals surface area contributed by atoms with Crippen molar-refractivity contribution >= 4 is 5.91 Å². The molecule has 0 radical (unpaired) electrons. The standard InChI is InChI=1S/C15H17NO3/c17-15(16-7-1-2-12(16)10-3-4-10)11-5-6-13-14(8-11)19-9-18-13/h5-6,8,10,12H,1-4,7,9H2. The van der Waals surface area contributed by atoms with Crippen LogP contribution >= 0.6 is 0 Å². The smallest absolute Gasteiger partial charge is 0.254 e. The third-order valence-electron chi connectivity index (χ3n) is 4.35. The van der Waals surface area contributed by atoms with Crippen LogP contribution in [0.1, 0.15) is 36.0 Å². The number of benzene rings is 1. The van der Waals surface area contributed by atoms with Gasteiger partial charge in [0, 0.05) is 18.2 Å². The number of rotatable bonds is 2. The third kappa shape index (κ3) is 1.86. The monoisotopic (exact) mass is 259 g/mol. The molecule has 1 aliphatic carbocycles. The van der Waals surface area contributed by atoms with Crippen LogP contribution in [0.2, 0.25) is 0 Å². The van der Waals surface area contributed by atoms with Crippen molar-refractivity contribution in [2.24, 2.45) is 5.92 Å². The summed E-state index contributed by atoms with van der Waals surface area (Å²) in [5.74, 6) is 2.32. The van der Waals surface area contributed by atoms with Gasteiger partial charge in [-0.2, -0.15) is 0 Å². The van der Waals surface area contributed by atoms with Gasteiger partial charge in [-0.05, 0) is 49.8 Å². The quantitative estimate of drug-likeness (QED) is 0.818. The highest BCUT2D eigenvalue weighted by Gasteiger charge is 2.40. The fourth-order valence-electron chi connectivity index (χ4n) is 3.21. The lowest BCUT2D eigenvalue weighted by atomic mass is 10.1. The van der Waals surface area contributed by atoms with Gasteiger partial charge in [0.2, 0.25) is 6.79 Å². The zero-order valence-electron chi connectivity index (χ0n) is 10.8. The fourth-order valence-corrected chi connectivity index (χ4v) is 3.21. The maximum atomic E-state index is 12.6. The van der Waals surface area contributed by atoms with Gasteiger partial charge in [-0.25, -0.2) is 0 Å². The third-order valence-corrected chi connectivity index (χ3v) is 4.35. The van der Waals surface area contributed by atoms with Crippen LogP contribution in [0.3, 0.4) is 0 Å². The molecule has 0 N–H and O–H groups in total. The zero-order chi connectivity index (χ0) is 12.8. The summed E-state index contributed by atoms with van der Waals surface area (Å²) >= 11 is 0. The lowest BCUT2D eigenvalue weighted by Crippen LogP contribution is -2.36. The van der Waals surface area contributed by atoms with Gasteiger partial charge in [-0.3, -0.25) is 4.79 Å². The molecule has 1 unspecified atom stereocenters. The number of amides is 1. The Labute approximate surface area is 112 Å². The molecule has 4 nitrogen and oxygen atoms in total. The first-order valence-electron chi connectivity index (χ1n) is 7.03. The zero-order valence-corrected chi connectivity index (χ0v) is 10.8. The van der Waals surface area contributed by atoms with Crippen LogP contribution in [0.25, 0.3) is 0 Å². The van der Waals surface area contributed by atoms with Crippen LogP contribution in [0, 0.1) is 5.92 Å². The molecule has 0 aromatic heterocycles. The highest BCUT2D eigenvalue weighted by atomic mass is 16.7. The molecule has 2 fully saturated rings. The van der Waals surface area contributed by atoms with E-state index < -0.39 is 0 Å². The molecule has 100 valence electrons. The predicted octanol–water partition coefficient (Wildman–Crippen LogP) is 2.43. The molecule has 19 heavy (non-hydrogen) atoms. The van der Waals surface area contributed by atoms with Gasteiger partial charge in [0.05, 0.1) is 0 Å². The number of carbonyl (C=O) groups excluding carboxylic acids is 1. The second-order valence-electron chi connectivity index (χ2n) is 5.61. The van der Waals surface area contributed by atoms with Gasteiger partial charge in [0.1, 0.15) is 0 Å². The van der Waals surface area contributed by atoms with Gasteiger partial charge in [0.25, 0.3) is 5.91 Å². The second-order valence-corrected chi connectivity index (χ2v) is 5.61. The maximum absolute atomic E-state index is 12.6. The minimum Gasteiger partial charge on any atom is -0.454 e. The van der Waals surface area contributed by atoms with Crippen LogP contribution in [0.15, 0.2) is 18.2 Å². The van der Waals surface area contributed by atoms with Gasteiger partial charge < -0.3 is 14.4 Å². The van der Waals surface area contributed by atoms with E-state index in [4.69, 9.17) is 9.47 Å². The Bertz CT molecular complexity index is 524. The summed E-state index contributed by atoms with van der Waals surface area (Å²) in [6.07, 6.45) is 4.88. The van der Waals surface area contributed by atoms with Crippen molar-refractivity contribution in [3.05, 3.63) is 23.8 Å². The number of likely N-dealkylation sites (tertiary alicyclic amines) is 1. The van der Waals surface area contributed by atoms with Gasteiger partial charge in [-0.1, -0.05) is 0 Å². The average Bonchev–Trinajstić information content (AvgIpc) is 3.00. The van der Waals surface area contributed by atoms with E-state index in [2.05, 4.69) is 4.90 Å². The Kier molecular flexibility index (Phi) is 2.43. The summed E-state index contributed by atoms with van der Waals surface area (Å²) in [6, 6.07) is 5.96. The number of hydrogen-bond donors (Lipinski definition) is 0. The molecule has 4 heteroatoms. The van der Waals surface area contributed by atoms with Gasteiger partial charge >= 0.3 is 0 Å². The van der Waals surface area contributed by atoms with Crippen molar-refractivity contribution in [3.63, 3.8) is 0 Å². The number of carbonyl (C=O) groups is 1. The summed E-state index contributed by atoms with van der Waals surface area (Å²) in [6.45, 7) is 1.15. The Morgan fingerprint density at radius 1 is 1.16 bits per heavy atom. The Morgan fingerprint density at radius 3 is 2.84 bits per heavy atom. The van der Waals surface area contributed by atoms with Crippen LogP contribution in [0.4, 0.5) is 0 Å². The molecular formula is C15H17NO3. The summed E-state index contributed by atoms with van der Waals surface area (Å²) < 4.78 is 10.6. The van der Waals surface area contributed by atoms with E-state index in [-0.39, 0.29) is 12.7 Å². The molecule has 1 aromatic carbocycles. The molecule has 0 bridgehead atoms. The molecular weight excluding hydrogens is 242 g/mol. The van der Waals surface area contributed by atoms with Crippen molar-refractivity contribution in [2.45, 2.75) is 31.7 Å².